The minimum absolute atomic E-state index is 0.0844. The van der Waals surface area contributed by atoms with Gasteiger partial charge < -0.3 is 4.74 Å². The highest BCUT2D eigenvalue weighted by Crippen LogP contribution is 2.24. The first-order valence-corrected chi connectivity index (χ1v) is 5.54. The fourth-order valence-electron chi connectivity index (χ4n) is 1.61. The van der Waals surface area contributed by atoms with E-state index in [4.69, 9.17) is 10.00 Å². The van der Waals surface area contributed by atoms with Crippen molar-refractivity contribution in [1.82, 2.24) is 4.90 Å². The van der Waals surface area contributed by atoms with Gasteiger partial charge in [0.1, 0.15) is 6.04 Å². The predicted molar refractivity (Wildman–Crippen MR) is 55.1 cm³/mol. The molecule has 0 amide bonds. The summed E-state index contributed by atoms with van der Waals surface area (Å²) in [4.78, 5) is 3.31. The van der Waals surface area contributed by atoms with Crippen molar-refractivity contribution in [3.8, 4) is 6.07 Å². The minimum Gasteiger partial charge on any atom is -0.379 e. The Hall–Kier alpha value is -0.890. The van der Waals surface area contributed by atoms with Gasteiger partial charge in [0.25, 0.3) is 0 Å². The number of thiophene rings is 1. The van der Waals surface area contributed by atoms with E-state index in [2.05, 4.69) is 11.0 Å². The zero-order valence-electron chi connectivity index (χ0n) is 7.85. The largest absolute Gasteiger partial charge is 0.379 e. The van der Waals surface area contributed by atoms with Gasteiger partial charge >= 0.3 is 0 Å². The van der Waals surface area contributed by atoms with Crippen LogP contribution < -0.4 is 0 Å². The Bertz CT molecular complexity index is 311. The van der Waals surface area contributed by atoms with Crippen molar-refractivity contribution in [3.05, 3.63) is 22.4 Å². The van der Waals surface area contributed by atoms with E-state index in [-0.39, 0.29) is 6.04 Å². The fourth-order valence-corrected chi connectivity index (χ4v) is 2.41. The summed E-state index contributed by atoms with van der Waals surface area (Å²) in [6, 6.07) is 6.28. The highest BCUT2D eigenvalue weighted by atomic mass is 32.1. The van der Waals surface area contributed by atoms with Crippen LogP contribution in [0.5, 0.6) is 0 Å². The predicted octanol–water partition coefficient (Wildman–Crippen LogP) is 1.64. The van der Waals surface area contributed by atoms with Crippen LogP contribution in [0.3, 0.4) is 0 Å². The number of morpholine rings is 1. The molecule has 14 heavy (non-hydrogen) atoms. The lowest BCUT2D eigenvalue weighted by atomic mass is 10.2. The van der Waals surface area contributed by atoms with Crippen molar-refractivity contribution in [2.45, 2.75) is 6.04 Å². The molecule has 2 rings (SSSR count). The third-order valence-corrected chi connectivity index (χ3v) is 3.27. The second-order valence-corrected chi connectivity index (χ2v) is 4.17. The van der Waals surface area contributed by atoms with Gasteiger partial charge in [0.05, 0.1) is 19.3 Å². The molecule has 1 aromatic rings. The quantitative estimate of drug-likeness (QED) is 0.741. The molecule has 0 aliphatic carbocycles. The molecule has 0 aromatic carbocycles. The van der Waals surface area contributed by atoms with Crippen molar-refractivity contribution >= 4 is 11.3 Å². The van der Waals surface area contributed by atoms with Gasteiger partial charge in [-0.1, -0.05) is 6.07 Å². The molecule has 0 radical (unpaired) electrons. The lowest BCUT2D eigenvalue weighted by molar-refractivity contribution is 0.0272. The molecular formula is C10H12N2OS. The minimum atomic E-state index is -0.0844. The zero-order chi connectivity index (χ0) is 9.80. The summed E-state index contributed by atoms with van der Waals surface area (Å²) < 4.78 is 5.26. The highest BCUT2D eigenvalue weighted by molar-refractivity contribution is 7.10. The van der Waals surface area contributed by atoms with Gasteiger partial charge in [-0.15, -0.1) is 11.3 Å². The maximum Gasteiger partial charge on any atom is 0.133 e. The molecule has 1 aliphatic rings. The molecular weight excluding hydrogens is 196 g/mol. The highest BCUT2D eigenvalue weighted by Gasteiger charge is 2.22. The third-order valence-electron chi connectivity index (χ3n) is 2.35. The first-order valence-electron chi connectivity index (χ1n) is 4.66. The van der Waals surface area contributed by atoms with Gasteiger partial charge in [-0.2, -0.15) is 5.26 Å². The second kappa shape index (κ2) is 4.56. The number of rotatable bonds is 2. The summed E-state index contributed by atoms with van der Waals surface area (Å²) >= 11 is 1.64. The third kappa shape index (κ3) is 1.95. The van der Waals surface area contributed by atoms with E-state index in [1.807, 2.05) is 17.5 Å². The lowest BCUT2D eigenvalue weighted by Gasteiger charge is -2.29. The van der Waals surface area contributed by atoms with Crippen molar-refractivity contribution in [1.29, 1.82) is 5.26 Å². The van der Waals surface area contributed by atoms with E-state index in [1.165, 1.54) is 0 Å². The molecule has 2 heterocycles. The maximum absolute atomic E-state index is 9.12. The smallest absolute Gasteiger partial charge is 0.133 e. The van der Waals surface area contributed by atoms with Crippen LogP contribution in [0.15, 0.2) is 17.5 Å². The van der Waals surface area contributed by atoms with Gasteiger partial charge in [0.2, 0.25) is 0 Å². The van der Waals surface area contributed by atoms with E-state index in [9.17, 15) is 0 Å². The Morgan fingerprint density at radius 2 is 2.29 bits per heavy atom. The van der Waals surface area contributed by atoms with E-state index < -0.39 is 0 Å². The van der Waals surface area contributed by atoms with Crippen molar-refractivity contribution in [2.75, 3.05) is 26.3 Å². The Morgan fingerprint density at radius 1 is 1.50 bits per heavy atom. The molecule has 1 saturated heterocycles. The van der Waals surface area contributed by atoms with Crippen LogP contribution in [0.4, 0.5) is 0 Å². The zero-order valence-corrected chi connectivity index (χ0v) is 8.67. The summed E-state index contributed by atoms with van der Waals surface area (Å²) in [6.07, 6.45) is 0. The molecule has 1 fully saturated rings. The normalized spacial score (nSPS) is 20.2. The monoisotopic (exact) mass is 208 g/mol. The van der Waals surface area contributed by atoms with Crippen molar-refractivity contribution < 1.29 is 4.74 Å². The van der Waals surface area contributed by atoms with E-state index in [1.54, 1.807) is 11.3 Å². The van der Waals surface area contributed by atoms with Gasteiger partial charge in [0.15, 0.2) is 0 Å². The number of hydrogen-bond donors (Lipinski definition) is 0. The number of ether oxygens (including phenoxy) is 1. The molecule has 0 saturated carbocycles. The average molecular weight is 208 g/mol. The molecule has 0 N–H and O–H groups in total. The summed E-state index contributed by atoms with van der Waals surface area (Å²) in [5, 5.41) is 11.1. The number of nitriles is 1. The van der Waals surface area contributed by atoms with Crippen LogP contribution in [0.1, 0.15) is 10.9 Å². The Kier molecular flexibility index (Phi) is 3.14. The van der Waals surface area contributed by atoms with E-state index in [0.29, 0.717) is 0 Å². The van der Waals surface area contributed by atoms with Crippen molar-refractivity contribution in [3.63, 3.8) is 0 Å². The van der Waals surface area contributed by atoms with Gasteiger partial charge in [0, 0.05) is 18.0 Å². The molecule has 3 nitrogen and oxygen atoms in total. The van der Waals surface area contributed by atoms with E-state index >= 15 is 0 Å². The van der Waals surface area contributed by atoms with Gasteiger partial charge in [-0.3, -0.25) is 4.90 Å². The molecule has 0 unspecified atom stereocenters. The lowest BCUT2D eigenvalue weighted by Crippen LogP contribution is -2.38. The average Bonchev–Trinajstić information content (AvgIpc) is 2.74. The Balaban J connectivity index is 2.09. The summed E-state index contributed by atoms with van der Waals surface area (Å²) in [5.41, 5.74) is 0. The summed E-state index contributed by atoms with van der Waals surface area (Å²) in [6.45, 7) is 3.19. The van der Waals surface area contributed by atoms with Crippen LogP contribution >= 0.6 is 11.3 Å². The molecule has 0 spiro atoms. The Labute approximate surface area is 87.5 Å². The number of hydrogen-bond acceptors (Lipinski definition) is 4. The van der Waals surface area contributed by atoms with E-state index in [0.717, 1.165) is 31.2 Å². The molecule has 0 bridgehead atoms. The molecule has 74 valence electrons. The van der Waals surface area contributed by atoms with Crippen LogP contribution in [-0.2, 0) is 4.74 Å². The van der Waals surface area contributed by atoms with Gasteiger partial charge in [-0.05, 0) is 11.4 Å². The topological polar surface area (TPSA) is 36.3 Å². The van der Waals surface area contributed by atoms with Crippen LogP contribution in [0.25, 0.3) is 0 Å². The Morgan fingerprint density at radius 3 is 2.86 bits per heavy atom. The SMILES string of the molecule is N#C[C@H](c1cccs1)N1CCOCC1. The molecule has 4 heteroatoms. The first-order chi connectivity index (χ1) is 6.92. The van der Waals surface area contributed by atoms with Crippen LogP contribution in [0, 0.1) is 11.3 Å². The molecule has 1 atom stereocenters. The number of nitrogens with zero attached hydrogens (tertiary/aromatic N) is 2. The standard InChI is InChI=1S/C10H12N2OS/c11-8-9(10-2-1-7-14-10)12-3-5-13-6-4-12/h1-2,7,9H,3-6H2/t9-/m1/s1. The van der Waals surface area contributed by atoms with Crippen LogP contribution in [-0.4, -0.2) is 31.2 Å². The first kappa shape index (κ1) is 9.66. The molecule has 1 aromatic heterocycles. The van der Waals surface area contributed by atoms with Crippen molar-refractivity contribution in [2.24, 2.45) is 0 Å². The fraction of sp³-hybridized carbons (Fsp3) is 0.500. The maximum atomic E-state index is 9.12. The van der Waals surface area contributed by atoms with Crippen LogP contribution in [0.2, 0.25) is 0 Å². The molecule has 1 aliphatic heterocycles. The second-order valence-electron chi connectivity index (χ2n) is 3.20. The van der Waals surface area contributed by atoms with Gasteiger partial charge in [-0.25, -0.2) is 0 Å². The summed E-state index contributed by atoms with van der Waals surface area (Å²) in [5.74, 6) is 0. The summed E-state index contributed by atoms with van der Waals surface area (Å²) in [7, 11) is 0.